The van der Waals surface area contributed by atoms with E-state index < -0.39 is 18.1 Å². The van der Waals surface area contributed by atoms with Crippen LogP contribution in [0.3, 0.4) is 0 Å². The normalized spacial score (nSPS) is 23.6. The van der Waals surface area contributed by atoms with Crippen molar-refractivity contribution in [3.63, 3.8) is 0 Å². The van der Waals surface area contributed by atoms with E-state index >= 15 is 0 Å². The van der Waals surface area contributed by atoms with E-state index in [0.29, 0.717) is 77.2 Å². The summed E-state index contributed by atoms with van der Waals surface area (Å²) in [6.07, 6.45) is 12.3. The summed E-state index contributed by atoms with van der Waals surface area (Å²) in [4.78, 5) is 80.6. The van der Waals surface area contributed by atoms with Crippen molar-refractivity contribution in [2.75, 3.05) is 13.1 Å². The van der Waals surface area contributed by atoms with Gasteiger partial charge in [-0.3, -0.25) is 28.8 Å². The number of carbonyl (C=O) groups is 6. The highest BCUT2D eigenvalue weighted by Gasteiger charge is 2.37. The number of Topliss-reactive ketones (excluding diaryl/α,β-unsaturated/α-hetero) is 2. The van der Waals surface area contributed by atoms with Gasteiger partial charge >= 0.3 is 0 Å². The molecule has 0 unspecified atom stereocenters. The smallest absolute Gasteiger partial charge is 0.245 e. The predicted molar refractivity (Wildman–Crippen MR) is 245 cm³/mol. The molecule has 4 amide bonds. The van der Waals surface area contributed by atoms with Crippen molar-refractivity contribution in [2.45, 2.75) is 167 Å². The Kier molecular flexibility index (Phi) is 15.7. The van der Waals surface area contributed by atoms with Gasteiger partial charge in [-0.15, -0.1) is 0 Å². The van der Waals surface area contributed by atoms with Crippen LogP contribution in [0.25, 0.3) is 21.9 Å². The van der Waals surface area contributed by atoms with E-state index in [1.807, 2.05) is 60.0 Å². The molecule has 8 rings (SSSR count). The van der Waals surface area contributed by atoms with Crippen molar-refractivity contribution >= 4 is 57.1 Å². The lowest BCUT2D eigenvalue weighted by Crippen LogP contribution is -2.53. The number of benzene rings is 2. The van der Waals surface area contributed by atoms with Crippen LogP contribution in [0, 0.1) is 5.92 Å². The summed E-state index contributed by atoms with van der Waals surface area (Å²) < 4.78 is 12.3. The van der Waals surface area contributed by atoms with Gasteiger partial charge in [-0.05, 0) is 83.3 Å². The summed E-state index contributed by atoms with van der Waals surface area (Å²) in [5.41, 5.74) is 9.63. The zero-order chi connectivity index (χ0) is 45.3. The Hall–Kier alpha value is -5.30. The summed E-state index contributed by atoms with van der Waals surface area (Å²) in [5, 5.41) is 7.97. The van der Waals surface area contributed by atoms with E-state index in [-0.39, 0.29) is 53.2 Å². The molecule has 4 aliphatic rings. The van der Waals surface area contributed by atoms with E-state index in [0.717, 1.165) is 96.1 Å². The fourth-order valence-electron chi connectivity index (χ4n) is 9.95. The van der Waals surface area contributed by atoms with E-state index in [1.54, 1.807) is 6.92 Å². The molecule has 2 saturated heterocycles. The molecule has 344 valence electrons. The number of nitrogens with two attached hydrogens (primary N) is 1. The van der Waals surface area contributed by atoms with Crippen molar-refractivity contribution in [2.24, 2.45) is 11.7 Å². The molecular weight excluding hydrogens is 811 g/mol. The first-order chi connectivity index (χ1) is 30.9. The van der Waals surface area contributed by atoms with Gasteiger partial charge in [0, 0.05) is 91.5 Å². The molecule has 6 heterocycles. The quantitative estimate of drug-likeness (QED) is 0.193. The molecule has 2 aromatic heterocycles. The fraction of sp³-hybridized carbons (Fsp3) is 0.569. The number of carbonyl (C=O) groups excluding carboxylic acids is 6. The van der Waals surface area contributed by atoms with E-state index in [2.05, 4.69) is 22.8 Å². The molecule has 13 nitrogen and oxygen atoms in total. The molecule has 2 fully saturated rings. The first-order valence-electron chi connectivity index (χ1n) is 23.9. The van der Waals surface area contributed by atoms with Crippen molar-refractivity contribution in [3.05, 3.63) is 71.2 Å². The molecule has 64 heavy (non-hydrogen) atoms. The molecule has 0 bridgehead atoms. The zero-order valence-electron chi connectivity index (χ0n) is 38.0. The number of hydrogen-bond donors (Lipinski definition) is 3. The van der Waals surface area contributed by atoms with Crippen LogP contribution < -0.4 is 16.4 Å². The van der Waals surface area contributed by atoms with Gasteiger partial charge in [0.25, 0.3) is 0 Å². The van der Waals surface area contributed by atoms with Crippen LogP contribution in [0.4, 0.5) is 0 Å². The second-order valence-corrected chi connectivity index (χ2v) is 18.7. The average molecular weight is 878 g/mol. The van der Waals surface area contributed by atoms with Gasteiger partial charge in [-0.1, -0.05) is 63.1 Å². The number of fused-ring (bicyclic) bond motifs is 8. The maximum Gasteiger partial charge on any atom is 0.245 e. The maximum atomic E-state index is 13.6. The first-order valence-corrected chi connectivity index (χ1v) is 23.9. The summed E-state index contributed by atoms with van der Waals surface area (Å²) in [7, 11) is 0. The van der Waals surface area contributed by atoms with Gasteiger partial charge in [0.1, 0.15) is 46.3 Å². The lowest BCUT2D eigenvalue weighted by Gasteiger charge is -2.30. The highest BCUT2D eigenvalue weighted by molar-refractivity contribution is 5.91. The monoisotopic (exact) mass is 877 g/mol. The van der Waals surface area contributed by atoms with Gasteiger partial charge in [-0.2, -0.15) is 0 Å². The van der Waals surface area contributed by atoms with Crippen LogP contribution in [-0.4, -0.2) is 88.3 Å². The Morgan fingerprint density at radius 1 is 0.578 bits per heavy atom. The number of para-hydroxylation sites is 2. The van der Waals surface area contributed by atoms with Crippen LogP contribution in [0.15, 0.2) is 57.4 Å². The second kappa shape index (κ2) is 21.6. The summed E-state index contributed by atoms with van der Waals surface area (Å²) in [6.45, 7) is 6.71. The van der Waals surface area contributed by atoms with Crippen LogP contribution in [0.2, 0.25) is 0 Å². The van der Waals surface area contributed by atoms with Gasteiger partial charge in [0.05, 0.1) is 6.04 Å². The number of amides is 4. The molecular formula is C51H67N5O8. The fourth-order valence-corrected chi connectivity index (χ4v) is 9.95. The minimum atomic E-state index is -0.674. The van der Waals surface area contributed by atoms with Crippen molar-refractivity contribution in [1.82, 2.24) is 20.4 Å². The number of rotatable bonds is 4. The molecule has 0 saturated carbocycles. The third kappa shape index (κ3) is 11.3. The molecule has 0 radical (unpaired) electrons. The van der Waals surface area contributed by atoms with E-state index in [4.69, 9.17) is 14.6 Å². The Balaban J connectivity index is 0.000000191. The molecule has 4 aliphatic heterocycles. The van der Waals surface area contributed by atoms with Gasteiger partial charge in [0.15, 0.2) is 0 Å². The van der Waals surface area contributed by atoms with E-state index in [1.165, 1.54) is 0 Å². The number of ketones is 2. The van der Waals surface area contributed by atoms with Crippen LogP contribution in [0.1, 0.15) is 133 Å². The highest BCUT2D eigenvalue weighted by atomic mass is 16.3. The Morgan fingerprint density at radius 2 is 1.02 bits per heavy atom. The van der Waals surface area contributed by atoms with Crippen molar-refractivity contribution in [1.29, 1.82) is 0 Å². The SMILES string of the molecule is CC(C)C(=O)N[C@H]1CCCCC(=O)CCc2oc3ccccc3c2C[C@@H]2CCCN2C1=O.C[C@H](N)C(=O)N[C@H]1CCCCC(=O)CCc2oc3ccccc3c2C[C@@H]2CCCN2C1=O. The molecule has 13 heteroatoms. The Morgan fingerprint density at radius 3 is 1.45 bits per heavy atom. The van der Waals surface area contributed by atoms with Gasteiger partial charge < -0.3 is 35.0 Å². The summed E-state index contributed by atoms with van der Waals surface area (Å²) >= 11 is 0. The molecule has 4 aromatic rings. The van der Waals surface area contributed by atoms with Crippen molar-refractivity contribution in [3.8, 4) is 0 Å². The number of nitrogens with zero attached hydrogens (tertiary/aromatic N) is 2. The summed E-state index contributed by atoms with van der Waals surface area (Å²) in [6, 6.07) is 14.3. The molecule has 0 aliphatic carbocycles. The summed E-state index contributed by atoms with van der Waals surface area (Å²) in [5.74, 6) is 1.55. The molecule has 5 atom stereocenters. The molecule has 0 spiro atoms. The minimum absolute atomic E-state index is 0.0132. The first kappa shape index (κ1) is 46.7. The number of hydrogen-bond acceptors (Lipinski definition) is 9. The molecule has 2 aromatic carbocycles. The minimum Gasteiger partial charge on any atom is -0.461 e. The lowest BCUT2D eigenvalue weighted by molar-refractivity contribution is -0.138. The highest BCUT2D eigenvalue weighted by Crippen LogP contribution is 2.34. The van der Waals surface area contributed by atoms with Crippen LogP contribution >= 0.6 is 0 Å². The Labute approximate surface area is 376 Å². The van der Waals surface area contributed by atoms with E-state index in [9.17, 15) is 28.8 Å². The zero-order valence-corrected chi connectivity index (χ0v) is 38.0. The largest absolute Gasteiger partial charge is 0.461 e. The predicted octanol–water partition coefficient (Wildman–Crippen LogP) is 7.06. The van der Waals surface area contributed by atoms with Crippen LogP contribution in [-0.2, 0) is 54.5 Å². The third-order valence-electron chi connectivity index (χ3n) is 13.6. The number of nitrogens with one attached hydrogen (secondary N) is 2. The standard InChI is InChI=1S/C26H34N2O4.C25H33N3O4/c1-17(2)25(30)27-22-11-5-3-9-19(29)13-14-24-21(20-10-4-6-12-23(20)32-24)16-18-8-7-15-28(18)26(22)31;1-16(26)24(30)27-21-10-4-2-8-18(29)12-13-23-20(19-9-3-5-11-22(19)32-23)15-17-7-6-14-28(17)25(21)31/h4,6,10,12,17-18,22H,3,5,7-9,11,13-16H2,1-2H3,(H,27,30);3,5,9,11,16-17,21H,2,4,6-8,10,12-15,26H2,1H3,(H,27,30)/t18-,22-;16-,17-,21-/m00/s1. The molecule has 4 N–H and O–H groups in total. The third-order valence-corrected chi connectivity index (χ3v) is 13.6. The van der Waals surface area contributed by atoms with Crippen molar-refractivity contribution < 1.29 is 37.6 Å². The second-order valence-electron chi connectivity index (χ2n) is 18.7. The van der Waals surface area contributed by atoms with Gasteiger partial charge in [0.2, 0.25) is 23.6 Å². The lowest BCUT2D eigenvalue weighted by atomic mass is 9.96. The van der Waals surface area contributed by atoms with Crippen LogP contribution in [0.5, 0.6) is 0 Å². The number of furan rings is 2. The average Bonchev–Trinajstić information content (AvgIpc) is 4.09. The topological polar surface area (TPSA) is 185 Å². The maximum absolute atomic E-state index is 13.6. The Bertz CT molecular complexity index is 2150. The van der Waals surface area contributed by atoms with Gasteiger partial charge in [-0.25, -0.2) is 0 Å². The number of aryl methyl sites for hydroxylation is 2.